The van der Waals surface area contributed by atoms with E-state index in [9.17, 15) is 4.79 Å². The molecule has 3 N–H and O–H groups in total. The molecule has 16 heavy (non-hydrogen) atoms. The SMILES string of the molecule is CCCOc1ccc(Cl)cc1NC(=O)CN. The normalized spacial score (nSPS) is 9.94. The van der Waals surface area contributed by atoms with Crippen LogP contribution in [0.5, 0.6) is 5.75 Å². The van der Waals surface area contributed by atoms with Gasteiger partial charge in [-0.3, -0.25) is 4.79 Å². The molecule has 0 fully saturated rings. The second-order valence-electron chi connectivity index (χ2n) is 3.24. The molecule has 0 heterocycles. The predicted molar refractivity (Wildman–Crippen MR) is 64.9 cm³/mol. The van der Waals surface area contributed by atoms with Crippen LogP contribution in [0.15, 0.2) is 18.2 Å². The molecular formula is C11H15ClN2O2. The molecule has 0 spiro atoms. The standard InChI is InChI=1S/C11H15ClN2O2/c1-2-5-16-10-4-3-8(12)6-9(10)14-11(15)7-13/h3-4,6H,2,5,7,13H2,1H3,(H,14,15). The van der Waals surface area contributed by atoms with Crippen molar-refractivity contribution in [3.8, 4) is 5.75 Å². The summed E-state index contributed by atoms with van der Waals surface area (Å²) in [5.41, 5.74) is 5.77. The highest BCUT2D eigenvalue weighted by molar-refractivity contribution is 6.31. The lowest BCUT2D eigenvalue weighted by molar-refractivity contribution is -0.114. The molecule has 1 aromatic carbocycles. The summed E-state index contributed by atoms with van der Waals surface area (Å²) in [5.74, 6) is 0.330. The Kier molecular flexibility index (Phi) is 5.08. The number of rotatable bonds is 5. The Morgan fingerprint density at radius 2 is 2.31 bits per heavy atom. The highest BCUT2D eigenvalue weighted by Gasteiger charge is 2.07. The molecule has 0 aliphatic heterocycles. The maximum Gasteiger partial charge on any atom is 0.238 e. The number of carbonyl (C=O) groups excluding carboxylic acids is 1. The lowest BCUT2D eigenvalue weighted by Gasteiger charge is -2.11. The summed E-state index contributed by atoms with van der Waals surface area (Å²) in [5, 5.41) is 3.17. The summed E-state index contributed by atoms with van der Waals surface area (Å²) in [7, 11) is 0. The smallest absolute Gasteiger partial charge is 0.238 e. The van der Waals surface area contributed by atoms with Crippen LogP contribution in [0, 0.1) is 0 Å². The van der Waals surface area contributed by atoms with Gasteiger partial charge in [0.05, 0.1) is 18.8 Å². The van der Waals surface area contributed by atoms with E-state index in [0.717, 1.165) is 6.42 Å². The number of anilines is 1. The monoisotopic (exact) mass is 242 g/mol. The molecule has 5 heteroatoms. The second-order valence-corrected chi connectivity index (χ2v) is 3.68. The van der Waals surface area contributed by atoms with Gasteiger partial charge >= 0.3 is 0 Å². The number of hydrogen-bond donors (Lipinski definition) is 2. The van der Waals surface area contributed by atoms with Gasteiger partial charge < -0.3 is 15.8 Å². The van der Waals surface area contributed by atoms with Crippen molar-refractivity contribution >= 4 is 23.2 Å². The first-order valence-corrected chi connectivity index (χ1v) is 5.47. The number of ether oxygens (including phenoxy) is 1. The number of halogens is 1. The Labute approximate surface area is 99.7 Å². The fourth-order valence-corrected chi connectivity index (χ4v) is 1.31. The maximum absolute atomic E-state index is 11.2. The number of hydrogen-bond acceptors (Lipinski definition) is 3. The molecule has 0 saturated heterocycles. The summed E-state index contributed by atoms with van der Waals surface area (Å²) < 4.78 is 5.47. The fraction of sp³-hybridized carbons (Fsp3) is 0.364. The van der Waals surface area contributed by atoms with Gasteiger partial charge in [-0.2, -0.15) is 0 Å². The lowest BCUT2D eigenvalue weighted by Crippen LogP contribution is -2.22. The van der Waals surface area contributed by atoms with E-state index in [-0.39, 0.29) is 12.5 Å². The third kappa shape index (κ3) is 3.72. The van der Waals surface area contributed by atoms with Crippen molar-refractivity contribution in [3.05, 3.63) is 23.2 Å². The zero-order valence-electron chi connectivity index (χ0n) is 9.13. The van der Waals surface area contributed by atoms with E-state index in [1.165, 1.54) is 0 Å². The van der Waals surface area contributed by atoms with Gasteiger partial charge in [0, 0.05) is 5.02 Å². The molecule has 1 amide bonds. The van der Waals surface area contributed by atoms with Crippen LogP contribution in [-0.4, -0.2) is 19.1 Å². The molecule has 0 radical (unpaired) electrons. The topological polar surface area (TPSA) is 64.3 Å². The van der Waals surface area contributed by atoms with Crippen molar-refractivity contribution in [2.75, 3.05) is 18.5 Å². The van der Waals surface area contributed by atoms with E-state index in [4.69, 9.17) is 22.1 Å². The van der Waals surface area contributed by atoms with Crippen molar-refractivity contribution in [3.63, 3.8) is 0 Å². The summed E-state index contributed by atoms with van der Waals surface area (Å²) in [6, 6.07) is 5.08. The zero-order valence-corrected chi connectivity index (χ0v) is 9.88. The van der Waals surface area contributed by atoms with Gasteiger partial charge in [0.1, 0.15) is 5.75 Å². The Morgan fingerprint density at radius 1 is 1.56 bits per heavy atom. The van der Waals surface area contributed by atoms with Crippen molar-refractivity contribution in [2.45, 2.75) is 13.3 Å². The number of amides is 1. The van der Waals surface area contributed by atoms with Crippen LogP contribution in [0.2, 0.25) is 5.02 Å². The minimum Gasteiger partial charge on any atom is -0.491 e. The summed E-state index contributed by atoms with van der Waals surface area (Å²) >= 11 is 5.84. The molecule has 4 nitrogen and oxygen atoms in total. The fourth-order valence-electron chi connectivity index (χ4n) is 1.14. The van der Waals surface area contributed by atoms with Crippen LogP contribution in [0.3, 0.4) is 0 Å². The van der Waals surface area contributed by atoms with Crippen LogP contribution in [0.25, 0.3) is 0 Å². The van der Waals surface area contributed by atoms with Gasteiger partial charge in [-0.15, -0.1) is 0 Å². The van der Waals surface area contributed by atoms with Crippen LogP contribution in [0.1, 0.15) is 13.3 Å². The van der Waals surface area contributed by atoms with Gasteiger partial charge in [-0.25, -0.2) is 0 Å². The molecule has 0 atom stereocenters. The zero-order chi connectivity index (χ0) is 12.0. The average Bonchev–Trinajstić information content (AvgIpc) is 2.28. The Hall–Kier alpha value is -1.26. The Bertz CT molecular complexity index is 369. The highest BCUT2D eigenvalue weighted by Crippen LogP contribution is 2.28. The summed E-state index contributed by atoms with van der Waals surface area (Å²) in [4.78, 5) is 11.2. The van der Waals surface area contributed by atoms with E-state index in [0.29, 0.717) is 23.1 Å². The maximum atomic E-state index is 11.2. The number of nitrogens with two attached hydrogens (primary N) is 1. The molecule has 1 aromatic rings. The van der Waals surface area contributed by atoms with Gasteiger partial charge in [-0.05, 0) is 24.6 Å². The molecule has 0 unspecified atom stereocenters. The quantitative estimate of drug-likeness (QED) is 0.830. The van der Waals surface area contributed by atoms with Crippen LogP contribution in [-0.2, 0) is 4.79 Å². The van der Waals surface area contributed by atoms with Gasteiger partial charge in [0.2, 0.25) is 5.91 Å². The molecule has 0 aliphatic carbocycles. The Morgan fingerprint density at radius 3 is 2.94 bits per heavy atom. The number of nitrogens with one attached hydrogen (secondary N) is 1. The predicted octanol–water partition coefficient (Wildman–Crippen LogP) is 2.03. The molecule has 1 rings (SSSR count). The third-order valence-electron chi connectivity index (χ3n) is 1.86. The lowest BCUT2D eigenvalue weighted by atomic mass is 10.3. The van der Waals surface area contributed by atoms with Crippen molar-refractivity contribution in [1.82, 2.24) is 0 Å². The molecule has 0 bridgehead atoms. The van der Waals surface area contributed by atoms with Crippen molar-refractivity contribution < 1.29 is 9.53 Å². The summed E-state index contributed by atoms with van der Waals surface area (Å²) in [6.07, 6.45) is 0.896. The Balaban J connectivity index is 2.84. The van der Waals surface area contributed by atoms with E-state index >= 15 is 0 Å². The first-order chi connectivity index (χ1) is 7.67. The average molecular weight is 243 g/mol. The van der Waals surface area contributed by atoms with E-state index < -0.39 is 0 Å². The van der Waals surface area contributed by atoms with Crippen molar-refractivity contribution in [1.29, 1.82) is 0 Å². The van der Waals surface area contributed by atoms with E-state index in [1.807, 2.05) is 6.92 Å². The molecule has 88 valence electrons. The van der Waals surface area contributed by atoms with Gasteiger partial charge in [-0.1, -0.05) is 18.5 Å². The minimum atomic E-state index is -0.274. The van der Waals surface area contributed by atoms with Gasteiger partial charge in [0.15, 0.2) is 0 Å². The van der Waals surface area contributed by atoms with Crippen LogP contribution < -0.4 is 15.8 Å². The minimum absolute atomic E-state index is 0.0697. The summed E-state index contributed by atoms with van der Waals surface area (Å²) in [6.45, 7) is 2.53. The van der Waals surface area contributed by atoms with E-state index in [2.05, 4.69) is 5.32 Å². The third-order valence-corrected chi connectivity index (χ3v) is 2.10. The largest absolute Gasteiger partial charge is 0.491 e. The number of benzene rings is 1. The first kappa shape index (κ1) is 12.8. The number of carbonyl (C=O) groups is 1. The van der Waals surface area contributed by atoms with Crippen LogP contribution >= 0.6 is 11.6 Å². The second kappa shape index (κ2) is 6.35. The van der Waals surface area contributed by atoms with E-state index in [1.54, 1.807) is 18.2 Å². The molecule has 0 aromatic heterocycles. The molecule has 0 saturated carbocycles. The van der Waals surface area contributed by atoms with Gasteiger partial charge in [0.25, 0.3) is 0 Å². The van der Waals surface area contributed by atoms with Crippen LogP contribution in [0.4, 0.5) is 5.69 Å². The first-order valence-electron chi connectivity index (χ1n) is 5.09. The highest BCUT2D eigenvalue weighted by atomic mass is 35.5. The van der Waals surface area contributed by atoms with Crippen molar-refractivity contribution in [2.24, 2.45) is 5.73 Å². The molecular weight excluding hydrogens is 228 g/mol. The molecule has 0 aliphatic rings.